The van der Waals surface area contributed by atoms with Crippen LogP contribution in [0.2, 0.25) is 0 Å². The molecule has 0 aliphatic heterocycles. The molecule has 0 saturated carbocycles. The van der Waals surface area contributed by atoms with Crippen molar-refractivity contribution < 1.29 is 9.90 Å². The molecular weight excluding hydrogens is 244 g/mol. The van der Waals surface area contributed by atoms with Gasteiger partial charge in [-0.15, -0.1) is 0 Å². The van der Waals surface area contributed by atoms with E-state index >= 15 is 0 Å². The minimum Gasteiger partial charge on any atom is -0.477 e. The van der Waals surface area contributed by atoms with Gasteiger partial charge in [0, 0.05) is 6.54 Å². The maximum absolute atomic E-state index is 10.6. The third-order valence-corrected chi connectivity index (χ3v) is 3.66. The smallest absolute Gasteiger partial charge is 0.347 e. The summed E-state index contributed by atoms with van der Waals surface area (Å²) in [6, 6.07) is 0. The third-order valence-electron chi connectivity index (χ3n) is 2.02. The fraction of sp³-hybridized carbons (Fsp3) is 0.600. The van der Waals surface area contributed by atoms with E-state index in [1.807, 2.05) is 11.8 Å². The van der Waals surface area contributed by atoms with Gasteiger partial charge in [-0.25, -0.2) is 9.78 Å². The summed E-state index contributed by atoms with van der Waals surface area (Å²) >= 11 is 3.05. The second kappa shape index (κ2) is 7.51. The number of aromatic carboxylic acids is 1. The van der Waals surface area contributed by atoms with E-state index in [1.54, 1.807) is 0 Å². The van der Waals surface area contributed by atoms with Crippen molar-refractivity contribution in [1.29, 1.82) is 0 Å². The van der Waals surface area contributed by atoms with Crippen molar-refractivity contribution in [1.82, 2.24) is 4.98 Å². The number of unbranched alkanes of at least 4 members (excludes halogenated alkanes) is 2. The van der Waals surface area contributed by atoms with Crippen LogP contribution in [-0.2, 0) is 0 Å². The minimum absolute atomic E-state index is 0.282. The molecule has 4 nitrogen and oxygen atoms in total. The van der Waals surface area contributed by atoms with E-state index in [4.69, 9.17) is 5.11 Å². The number of hydrogen-bond acceptors (Lipinski definition) is 5. The lowest BCUT2D eigenvalue weighted by Gasteiger charge is -2.01. The topological polar surface area (TPSA) is 62.2 Å². The van der Waals surface area contributed by atoms with Crippen LogP contribution in [0.4, 0.5) is 5.13 Å². The molecule has 1 aromatic heterocycles. The highest BCUT2D eigenvalue weighted by molar-refractivity contribution is 7.98. The standard InChI is InChI=1S/C10H16N2O2S2/c1-15-6-4-2-3-5-11-10-12-7-8(16-10)9(13)14/h7H,2-6H2,1H3,(H,11,12)(H,13,14). The number of carbonyl (C=O) groups is 1. The van der Waals surface area contributed by atoms with Gasteiger partial charge in [0.1, 0.15) is 4.88 Å². The zero-order valence-electron chi connectivity index (χ0n) is 9.23. The Kier molecular flexibility index (Phi) is 6.25. The lowest BCUT2D eigenvalue weighted by Crippen LogP contribution is -2.00. The average molecular weight is 260 g/mol. The molecular formula is C10H16N2O2S2. The van der Waals surface area contributed by atoms with Crippen LogP contribution in [0, 0.1) is 0 Å². The SMILES string of the molecule is CSCCCCCNc1ncc(C(=O)O)s1. The lowest BCUT2D eigenvalue weighted by molar-refractivity contribution is 0.0702. The van der Waals surface area contributed by atoms with Gasteiger partial charge >= 0.3 is 5.97 Å². The van der Waals surface area contributed by atoms with E-state index in [0.717, 1.165) is 13.0 Å². The zero-order chi connectivity index (χ0) is 11.8. The summed E-state index contributed by atoms with van der Waals surface area (Å²) in [7, 11) is 0. The van der Waals surface area contributed by atoms with Crippen LogP contribution in [0.1, 0.15) is 28.9 Å². The number of nitrogens with zero attached hydrogens (tertiary/aromatic N) is 1. The van der Waals surface area contributed by atoms with E-state index in [-0.39, 0.29) is 4.88 Å². The summed E-state index contributed by atoms with van der Waals surface area (Å²) in [4.78, 5) is 14.9. The molecule has 2 N–H and O–H groups in total. The molecule has 0 atom stereocenters. The van der Waals surface area contributed by atoms with Gasteiger partial charge in [-0.1, -0.05) is 17.8 Å². The average Bonchev–Trinajstić information content (AvgIpc) is 2.72. The largest absolute Gasteiger partial charge is 0.477 e. The first-order valence-electron chi connectivity index (χ1n) is 5.16. The molecule has 0 amide bonds. The van der Waals surface area contributed by atoms with Gasteiger partial charge in [-0.3, -0.25) is 0 Å². The molecule has 6 heteroatoms. The number of thioether (sulfide) groups is 1. The number of rotatable bonds is 8. The second-order valence-electron chi connectivity index (χ2n) is 3.32. The van der Waals surface area contributed by atoms with Crippen molar-refractivity contribution in [3.05, 3.63) is 11.1 Å². The highest BCUT2D eigenvalue weighted by Gasteiger charge is 2.07. The summed E-state index contributed by atoms with van der Waals surface area (Å²) < 4.78 is 0. The van der Waals surface area contributed by atoms with Crippen LogP contribution in [0.3, 0.4) is 0 Å². The van der Waals surface area contributed by atoms with Crippen LogP contribution in [0.5, 0.6) is 0 Å². The second-order valence-corrected chi connectivity index (χ2v) is 5.33. The van der Waals surface area contributed by atoms with Gasteiger partial charge in [-0.2, -0.15) is 11.8 Å². The first kappa shape index (κ1) is 13.3. The quantitative estimate of drug-likeness (QED) is 0.704. The Morgan fingerprint density at radius 3 is 3.00 bits per heavy atom. The molecule has 16 heavy (non-hydrogen) atoms. The number of carboxylic acid groups (broad SMARTS) is 1. The van der Waals surface area contributed by atoms with Gasteiger partial charge in [0.2, 0.25) is 0 Å². The number of thiazole rings is 1. The van der Waals surface area contributed by atoms with Gasteiger partial charge in [0.05, 0.1) is 6.20 Å². The molecule has 0 spiro atoms. The predicted octanol–water partition coefficient (Wildman–Crippen LogP) is 2.79. The molecule has 0 saturated heterocycles. The number of hydrogen-bond donors (Lipinski definition) is 2. The van der Waals surface area contributed by atoms with E-state index in [9.17, 15) is 4.79 Å². The molecule has 0 aliphatic carbocycles. The Morgan fingerprint density at radius 2 is 2.38 bits per heavy atom. The molecule has 0 fully saturated rings. The summed E-state index contributed by atoms with van der Waals surface area (Å²) in [5.41, 5.74) is 0. The van der Waals surface area contributed by atoms with E-state index in [2.05, 4.69) is 16.6 Å². The maximum atomic E-state index is 10.6. The number of anilines is 1. The van der Waals surface area contributed by atoms with Crippen molar-refractivity contribution in [2.75, 3.05) is 23.9 Å². The highest BCUT2D eigenvalue weighted by Crippen LogP contribution is 2.17. The van der Waals surface area contributed by atoms with Crippen LogP contribution in [-0.4, -0.2) is 34.6 Å². The molecule has 0 unspecified atom stereocenters. The summed E-state index contributed by atoms with van der Waals surface area (Å²) in [6.07, 6.45) is 7.04. The Labute approximate surface area is 103 Å². The normalized spacial score (nSPS) is 10.3. The number of aromatic nitrogens is 1. The first-order chi connectivity index (χ1) is 7.74. The monoisotopic (exact) mass is 260 g/mol. The Balaban J connectivity index is 2.14. The Morgan fingerprint density at radius 1 is 1.56 bits per heavy atom. The maximum Gasteiger partial charge on any atom is 0.347 e. The molecule has 0 bridgehead atoms. The molecule has 1 aromatic rings. The minimum atomic E-state index is -0.912. The molecule has 0 aromatic carbocycles. The first-order valence-corrected chi connectivity index (χ1v) is 7.37. The van der Waals surface area contributed by atoms with E-state index < -0.39 is 5.97 Å². The van der Waals surface area contributed by atoms with Gasteiger partial charge in [0.15, 0.2) is 5.13 Å². The molecule has 0 aliphatic rings. The fourth-order valence-electron chi connectivity index (χ4n) is 1.20. The van der Waals surface area contributed by atoms with Gasteiger partial charge in [0.25, 0.3) is 0 Å². The molecule has 90 valence electrons. The highest BCUT2D eigenvalue weighted by atomic mass is 32.2. The van der Waals surface area contributed by atoms with Crippen LogP contribution in [0.15, 0.2) is 6.20 Å². The van der Waals surface area contributed by atoms with Crippen molar-refractivity contribution >= 4 is 34.2 Å². The van der Waals surface area contributed by atoms with Crippen molar-refractivity contribution in [2.45, 2.75) is 19.3 Å². The summed E-state index contributed by atoms with van der Waals surface area (Å²) in [5.74, 6) is 0.297. The van der Waals surface area contributed by atoms with Crippen LogP contribution in [0.25, 0.3) is 0 Å². The number of carboxylic acids is 1. The molecule has 1 rings (SSSR count). The van der Waals surface area contributed by atoms with Crippen molar-refractivity contribution in [2.24, 2.45) is 0 Å². The molecule has 0 radical (unpaired) electrons. The Bertz CT molecular complexity index is 328. The third kappa shape index (κ3) is 4.85. The van der Waals surface area contributed by atoms with E-state index in [1.165, 1.54) is 36.1 Å². The Hall–Kier alpha value is -0.750. The molecule has 1 heterocycles. The van der Waals surface area contributed by atoms with Crippen LogP contribution < -0.4 is 5.32 Å². The van der Waals surface area contributed by atoms with Crippen LogP contribution >= 0.6 is 23.1 Å². The van der Waals surface area contributed by atoms with Gasteiger partial charge in [-0.05, 0) is 24.9 Å². The van der Waals surface area contributed by atoms with Crippen molar-refractivity contribution in [3.8, 4) is 0 Å². The lowest BCUT2D eigenvalue weighted by atomic mass is 10.2. The fourth-order valence-corrected chi connectivity index (χ4v) is 2.37. The van der Waals surface area contributed by atoms with Gasteiger partial charge < -0.3 is 10.4 Å². The summed E-state index contributed by atoms with van der Waals surface area (Å²) in [5, 5.41) is 12.5. The van der Waals surface area contributed by atoms with E-state index in [0.29, 0.717) is 5.13 Å². The zero-order valence-corrected chi connectivity index (χ0v) is 10.9. The summed E-state index contributed by atoms with van der Waals surface area (Å²) in [6.45, 7) is 0.862. The number of nitrogens with one attached hydrogen (secondary N) is 1. The van der Waals surface area contributed by atoms with Crippen molar-refractivity contribution in [3.63, 3.8) is 0 Å². The predicted molar refractivity (Wildman–Crippen MR) is 69.8 cm³/mol.